The molecule has 2 aliphatic rings. The molecule has 1 aliphatic carbocycles. The van der Waals surface area contributed by atoms with Gasteiger partial charge in [-0.2, -0.15) is 0 Å². The van der Waals surface area contributed by atoms with Gasteiger partial charge >= 0.3 is 0 Å². The molecule has 5 nitrogen and oxygen atoms in total. The van der Waals surface area contributed by atoms with Crippen molar-refractivity contribution in [3.8, 4) is 0 Å². The molecular formula is C18H24ClN3O2S2. The molecule has 2 aromatic rings. The number of nitrogens with two attached hydrogens (primary N) is 1. The van der Waals surface area contributed by atoms with Gasteiger partial charge in [-0.3, -0.25) is 9.59 Å². The molecule has 0 radical (unpaired) electrons. The van der Waals surface area contributed by atoms with Crippen LogP contribution in [0.25, 0.3) is 9.40 Å². The fourth-order valence-electron chi connectivity index (χ4n) is 3.87. The maximum atomic E-state index is 12.7. The largest absolute Gasteiger partial charge is 0.339 e. The van der Waals surface area contributed by atoms with Gasteiger partial charge in [0, 0.05) is 47.5 Å². The molecule has 3 heterocycles. The predicted octanol–water partition coefficient (Wildman–Crippen LogP) is 3.19. The summed E-state index contributed by atoms with van der Waals surface area (Å²) < 4.78 is 2.35. The van der Waals surface area contributed by atoms with Gasteiger partial charge in [-0.1, -0.05) is 6.42 Å². The highest BCUT2D eigenvalue weighted by Crippen LogP contribution is 2.31. The molecule has 0 aromatic carbocycles. The van der Waals surface area contributed by atoms with Crippen molar-refractivity contribution < 1.29 is 9.59 Å². The van der Waals surface area contributed by atoms with Crippen LogP contribution in [0.1, 0.15) is 35.4 Å². The van der Waals surface area contributed by atoms with E-state index in [0.29, 0.717) is 26.2 Å². The Hall–Kier alpha value is -1.15. The lowest BCUT2D eigenvalue weighted by molar-refractivity contribution is -0.138. The Morgan fingerprint density at radius 3 is 2.50 bits per heavy atom. The maximum Gasteiger partial charge on any atom is 0.264 e. The Kier molecular flexibility index (Phi) is 6.22. The van der Waals surface area contributed by atoms with Crippen LogP contribution in [0.2, 0.25) is 0 Å². The first kappa shape index (κ1) is 19.6. The van der Waals surface area contributed by atoms with Crippen LogP contribution in [-0.4, -0.2) is 53.8 Å². The lowest BCUT2D eigenvalue weighted by Crippen LogP contribution is -2.52. The third-order valence-electron chi connectivity index (χ3n) is 5.29. The second-order valence-electron chi connectivity index (χ2n) is 7.00. The van der Waals surface area contributed by atoms with Crippen molar-refractivity contribution in [2.45, 2.75) is 31.7 Å². The van der Waals surface area contributed by atoms with Crippen LogP contribution < -0.4 is 5.73 Å². The van der Waals surface area contributed by atoms with Crippen molar-refractivity contribution in [1.82, 2.24) is 9.80 Å². The van der Waals surface area contributed by atoms with Crippen molar-refractivity contribution in [2.24, 2.45) is 11.7 Å². The zero-order chi connectivity index (χ0) is 17.4. The Morgan fingerprint density at radius 1 is 1.08 bits per heavy atom. The summed E-state index contributed by atoms with van der Waals surface area (Å²) in [6, 6.07) is 4.22. The molecule has 2 unspecified atom stereocenters. The molecule has 2 aromatic heterocycles. The Bertz CT molecular complexity index is 754. The number of hydrogen-bond donors (Lipinski definition) is 1. The highest BCUT2D eigenvalue weighted by Gasteiger charge is 2.32. The standard InChI is InChI=1S/C18H23N3O2S2.ClH/c19-13-3-1-2-12(10-13)17(22)20-5-7-21(8-6-20)18(23)16-11-15-14(25-16)4-9-24-15;/h4,9,11-13H,1-3,5-8,10,19H2;1H. The Labute approximate surface area is 167 Å². The number of thiophene rings is 2. The summed E-state index contributed by atoms with van der Waals surface area (Å²) in [4.78, 5) is 30.0. The van der Waals surface area contributed by atoms with Crippen molar-refractivity contribution in [2.75, 3.05) is 26.2 Å². The van der Waals surface area contributed by atoms with E-state index < -0.39 is 0 Å². The lowest BCUT2D eigenvalue weighted by Gasteiger charge is -2.37. The van der Waals surface area contributed by atoms with E-state index in [9.17, 15) is 9.59 Å². The van der Waals surface area contributed by atoms with Crippen LogP contribution >= 0.6 is 35.1 Å². The van der Waals surface area contributed by atoms with E-state index in [1.807, 2.05) is 15.9 Å². The minimum absolute atomic E-state index is 0. The highest BCUT2D eigenvalue weighted by molar-refractivity contribution is 7.27. The number of amides is 2. The molecule has 2 atom stereocenters. The van der Waals surface area contributed by atoms with Gasteiger partial charge in [-0.15, -0.1) is 35.1 Å². The smallest absolute Gasteiger partial charge is 0.264 e. The first-order valence-corrected chi connectivity index (χ1v) is 10.6. The van der Waals surface area contributed by atoms with Crippen LogP contribution in [0, 0.1) is 5.92 Å². The van der Waals surface area contributed by atoms with Gasteiger partial charge in [0.05, 0.1) is 4.88 Å². The van der Waals surface area contributed by atoms with E-state index >= 15 is 0 Å². The predicted molar refractivity (Wildman–Crippen MR) is 109 cm³/mol. The summed E-state index contributed by atoms with van der Waals surface area (Å²) in [5.41, 5.74) is 6.02. The summed E-state index contributed by atoms with van der Waals surface area (Å²) in [6.45, 7) is 2.51. The van der Waals surface area contributed by atoms with Gasteiger partial charge in [0.1, 0.15) is 0 Å². The van der Waals surface area contributed by atoms with Gasteiger partial charge in [0.2, 0.25) is 5.91 Å². The number of rotatable bonds is 2. The average molecular weight is 414 g/mol. The van der Waals surface area contributed by atoms with Crippen molar-refractivity contribution in [3.05, 3.63) is 22.4 Å². The summed E-state index contributed by atoms with van der Waals surface area (Å²) in [5.74, 6) is 0.411. The molecule has 26 heavy (non-hydrogen) atoms. The van der Waals surface area contributed by atoms with Gasteiger partial charge in [-0.05, 0) is 36.8 Å². The van der Waals surface area contributed by atoms with Crippen LogP contribution in [0.4, 0.5) is 0 Å². The number of fused-ring (bicyclic) bond motifs is 1. The molecule has 2 fully saturated rings. The van der Waals surface area contributed by atoms with Gasteiger partial charge in [0.25, 0.3) is 5.91 Å². The molecular weight excluding hydrogens is 390 g/mol. The minimum Gasteiger partial charge on any atom is -0.339 e. The number of nitrogens with zero attached hydrogens (tertiary/aromatic N) is 2. The second-order valence-corrected chi connectivity index (χ2v) is 9.03. The molecule has 8 heteroatoms. The fourth-order valence-corrected chi connectivity index (χ4v) is 5.94. The monoisotopic (exact) mass is 413 g/mol. The maximum absolute atomic E-state index is 12.7. The lowest BCUT2D eigenvalue weighted by atomic mass is 9.85. The number of halogens is 1. The number of hydrogen-bond acceptors (Lipinski definition) is 5. The van der Waals surface area contributed by atoms with Crippen molar-refractivity contribution >= 4 is 56.3 Å². The summed E-state index contributed by atoms with van der Waals surface area (Å²) in [6.07, 6.45) is 3.84. The second kappa shape index (κ2) is 8.25. The third kappa shape index (κ3) is 3.91. The van der Waals surface area contributed by atoms with Crippen molar-refractivity contribution in [1.29, 1.82) is 0 Å². The Balaban J connectivity index is 0.00000196. The molecule has 0 bridgehead atoms. The van der Waals surface area contributed by atoms with E-state index in [1.165, 1.54) is 9.40 Å². The van der Waals surface area contributed by atoms with Gasteiger partial charge in [-0.25, -0.2) is 0 Å². The van der Waals surface area contributed by atoms with E-state index in [2.05, 4.69) is 11.4 Å². The first-order valence-electron chi connectivity index (χ1n) is 8.92. The quantitative estimate of drug-likeness (QED) is 0.822. The number of carbonyl (C=O) groups excluding carboxylic acids is 2. The zero-order valence-electron chi connectivity index (χ0n) is 14.6. The van der Waals surface area contributed by atoms with E-state index in [-0.39, 0.29) is 36.2 Å². The molecule has 142 valence electrons. The highest BCUT2D eigenvalue weighted by atomic mass is 35.5. The molecule has 2 amide bonds. The summed E-state index contributed by atoms with van der Waals surface area (Å²) >= 11 is 3.23. The minimum atomic E-state index is 0. The van der Waals surface area contributed by atoms with Crippen LogP contribution in [-0.2, 0) is 4.79 Å². The van der Waals surface area contributed by atoms with Crippen molar-refractivity contribution in [3.63, 3.8) is 0 Å². The first-order chi connectivity index (χ1) is 12.1. The molecule has 2 N–H and O–H groups in total. The summed E-state index contributed by atoms with van der Waals surface area (Å²) in [5, 5.41) is 2.05. The van der Waals surface area contributed by atoms with Gasteiger partial charge < -0.3 is 15.5 Å². The zero-order valence-corrected chi connectivity index (χ0v) is 17.0. The van der Waals surface area contributed by atoms with E-state index in [0.717, 1.165) is 30.6 Å². The third-order valence-corrected chi connectivity index (χ3v) is 7.37. The fraction of sp³-hybridized carbons (Fsp3) is 0.556. The molecule has 0 spiro atoms. The van der Waals surface area contributed by atoms with Crippen LogP contribution in [0.5, 0.6) is 0 Å². The number of piperazine rings is 1. The SMILES string of the molecule is Cl.NC1CCCC(C(=O)N2CCN(C(=O)c3cc4sccc4s3)CC2)C1. The van der Waals surface area contributed by atoms with E-state index in [4.69, 9.17) is 5.73 Å². The van der Waals surface area contributed by atoms with Crippen LogP contribution in [0.3, 0.4) is 0 Å². The molecule has 1 saturated carbocycles. The van der Waals surface area contributed by atoms with Gasteiger partial charge in [0.15, 0.2) is 0 Å². The molecule has 1 aliphatic heterocycles. The van der Waals surface area contributed by atoms with E-state index in [1.54, 1.807) is 22.7 Å². The normalized spacial score (nSPS) is 23.7. The summed E-state index contributed by atoms with van der Waals surface area (Å²) in [7, 11) is 0. The molecule has 1 saturated heterocycles. The molecule has 4 rings (SSSR count). The Morgan fingerprint density at radius 2 is 1.81 bits per heavy atom. The average Bonchev–Trinajstić information content (AvgIpc) is 3.22. The topological polar surface area (TPSA) is 66.6 Å². The number of carbonyl (C=O) groups is 2. The van der Waals surface area contributed by atoms with Crippen LogP contribution in [0.15, 0.2) is 17.5 Å².